The molecule has 0 unspecified atom stereocenters. The molecule has 1 aliphatic carbocycles. The SMILES string of the molecule is O=C(CN1CCCS1(=O)=O)NCCC1=CCCC1. The lowest BCUT2D eigenvalue weighted by molar-refractivity contribution is -0.121. The van der Waals surface area contributed by atoms with Crippen molar-refractivity contribution in [2.45, 2.75) is 32.1 Å². The van der Waals surface area contributed by atoms with Crippen LogP contribution in [-0.4, -0.2) is 44.0 Å². The summed E-state index contributed by atoms with van der Waals surface area (Å²) in [4.78, 5) is 11.6. The van der Waals surface area contributed by atoms with Crippen molar-refractivity contribution in [2.75, 3.05) is 25.4 Å². The third kappa shape index (κ3) is 3.55. The summed E-state index contributed by atoms with van der Waals surface area (Å²) in [5.41, 5.74) is 1.41. The van der Waals surface area contributed by atoms with Gasteiger partial charge in [0.1, 0.15) is 0 Å². The number of nitrogens with zero attached hydrogens (tertiary/aromatic N) is 1. The largest absolute Gasteiger partial charge is 0.355 e. The van der Waals surface area contributed by atoms with Gasteiger partial charge in [-0.05, 0) is 32.1 Å². The summed E-state index contributed by atoms with van der Waals surface area (Å²) in [6, 6.07) is 0. The highest BCUT2D eigenvalue weighted by Crippen LogP contribution is 2.19. The van der Waals surface area contributed by atoms with E-state index in [1.54, 1.807) is 0 Å². The second-order valence-corrected chi connectivity index (χ2v) is 6.95. The number of hydrogen-bond donors (Lipinski definition) is 1. The summed E-state index contributed by atoms with van der Waals surface area (Å²) in [6.07, 6.45) is 7.25. The lowest BCUT2D eigenvalue weighted by Crippen LogP contribution is -2.38. The number of carbonyl (C=O) groups excluding carboxylic acids is 1. The van der Waals surface area contributed by atoms with E-state index in [4.69, 9.17) is 0 Å². The standard InChI is InChI=1S/C12H20N2O3S/c15-12(10-14-8-3-9-18(14,16)17)13-7-6-11-4-1-2-5-11/h4H,1-3,5-10H2,(H,13,15). The van der Waals surface area contributed by atoms with E-state index in [2.05, 4.69) is 11.4 Å². The molecule has 0 saturated carbocycles. The van der Waals surface area contributed by atoms with Crippen molar-refractivity contribution in [2.24, 2.45) is 0 Å². The molecule has 2 rings (SSSR count). The molecule has 0 bridgehead atoms. The average Bonchev–Trinajstić information content (AvgIpc) is 2.90. The van der Waals surface area contributed by atoms with Gasteiger partial charge in [-0.15, -0.1) is 0 Å². The van der Waals surface area contributed by atoms with Crippen molar-refractivity contribution in [3.05, 3.63) is 11.6 Å². The molecule has 1 amide bonds. The summed E-state index contributed by atoms with van der Waals surface area (Å²) >= 11 is 0. The van der Waals surface area contributed by atoms with Crippen LogP contribution in [0, 0.1) is 0 Å². The number of allylic oxidation sites excluding steroid dienone is 1. The predicted molar refractivity (Wildman–Crippen MR) is 69.5 cm³/mol. The molecule has 1 N–H and O–H groups in total. The fourth-order valence-electron chi connectivity index (χ4n) is 2.41. The quantitative estimate of drug-likeness (QED) is 0.747. The summed E-state index contributed by atoms with van der Waals surface area (Å²) in [5, 5.41) is 2.79. The molecule has 1 saturated heterocycles. The summed E-state index contributed by atoms with van der Waals surface area (Å²) in [7, 11) is -3.16. The minimum absolute atomic E-state index is 0.0264. The van der Waals surface area contributed by atoms with Gasteiger partial charge >= 0.3 is 0 Å². The first kappa shape index (κ1) is 13.5. The average molecular weight is 272 g/mol. The topological polar surface area (TPSA) is 66.5 Å². The molecule has 0 spiro atoms. The van der Waals surface area contributed by atoms with Crippen LogP contribution in [0.5, 0.6) is 0 Å². The Hall–Kier alpha value is -0.880. The van der Waals surface area contributed by atoms with Crippen LogP contribution < -0.4 is 5.32 Å². The number of hydrogen-bond acceptors (Lipinski definition) is 3. The molecule has 1 aliphatic heterocycles. The van der Waals surface area contributed by atoms with Gasteiger partial charge in [-0.1, -0.05) is 11.6 Å². The Bertz CT molecular complexity index is 442. The van der Waals surface area contributed by atoms with E-state index >= 15 is 0 Å². The molecule has 0 aromatic carbocycles. The Kier molecular flexibility index (Phi) is 4.40. The second-order valence-electron chi connectivity index (χ2n) is 4.86. The number of rotatable bonds is 5. The van der Waals surface area contributed by atoms with Crippen LogP contribution in [0.3, 0.4) is 0 Å². The lowest BCUT2D eigenvalue weighted by atomic mass is 10.2. The number of amides is 1. The molecule has 0 aromatic rings. The van der Waals surface area contributed by atoms with E-state index in [9.17, 15) is 13.2 Å². The van der Waals surface area contributed by atoms with E-state index < -0.39 is 10.0 Å². The molecule has 5 nitrogen and oxygen atoms in total. The third-order valence-corrected chi connectivity index (χ3v) is 5.33. The van der Waals surface area contributed by atoms with E-state index in [1.807, 2.05) is 0 Å². The molecule has 1 heterocycles. The zero-order chi connectivity index (χ0) is 13.0. The molecule has 1 fully saturated rings. The monoisotopic (exact) mass is 272 g/mol. The first-order chi connectivity index (χ1) is 8.58. The molecular weight excluding hydrogens is 252 g/mol. The van der Waals surface area contributed by atoms with E-state index in [-0.39, 0.29) is 18.2 Å². The maximum absolute atomic E-state index is 11.6. The van der Waals surface area contributed by atoms with Crippen LogP contribution in [0.4, 0.5) is 0 Å². The normalized spacial score (nSPS) is 23.0. The summed E-state index contributed by atoms with van der Waals surface area (Å²) in [5.74, 6) is -0.0215. The lowest BCUT2D eigenvalue weighted by Gasteiger charge is -2.13. The van der Waals surface area contributed by atoms with Crippen molar-refractivity contribution < 1.29 is 13.2 Å². The molecule has 6 heteroatoms. The molecular formula is C12H20N2O3S. The zero-order valence-electron chi connectivity index (χ0n) is 10.5. The minimum atomic E-state index is -3.16. The molecule has 102 valence electrons. The first-order valence-corrected chi connectivity index (χ1v) is 8.11. The predicted octanol–water partition coefficient (Wildman–Crippen LogP) is 0.638. The van der Waals surface area contributed by atoms with Crippen molar-refractivity contribution >= 4 is 15.9 Å². The van der Waals surface area contributed by atoms with Crippen LogP contribution in [0.2, 0.25) is 0 Å². The Balaban J connectivity index is 1.69. The Labute approximate surface area is 108 Å². The van der Waals surface area contributed by atoms with Crippen LogP contribution in [-0.2, 0) is 14.8 Å². The third-order valence-electron chi connectivity index (χ3n) is 3.43. The summed E-state index contributed by atoms with van der Waals surface area (Å²) in [6.45, 7) is 1.06. The summed E-state index contributed by atoms with van der Waals surface area (Å²) < 4.78 is 24.3. The minimum Gasteiger partial charge on any atom is -0.355 e. The molecule has 0 radical (unpaired) electrons. The van der Waals surface area contributed by atoms with Gasteiger partial charge in [0.15, 0.2) is 0 Å². The zero-order valence-corrected chi connectivity index (χ0v) is 11.3. The van der Waals surface area contributed by atoms with Gasteiger partial charge in [-0.25, -0.2) is 8.42 Å². The second kappa shape index (κ2) is 5.84. The molecule has 2 aliphatic rings. The van der Waals surface area contributed by atoms with Crippen molar-refractivity contribution in [3.63, 3.8) is 0 Å². The maximum Gasteiger partial charge on any atom is 0.235 e. The first-order valence-electron chi connectivity index (χ1n) is 6.50. The number of carbonyl (C=O) groups is 1. The van der Waals surface area contributed by atoms with Gasteiger partial charge in [0.25, 0.3) is 0 Å². The molecule has 0 atom stereocenters. The highest BCUT2D eigenvalue weighted by molar-refractivity contribution is 7.89. The van der Waals surface area contributed by atoms with E-state index in [1.165, 1.54) is 16.3 Å². The van der Waals surface area contributed by atoms with Gasteiger partial charge in [-0.2, -0.15) is 4.31 Å². The highest BCUT2D eigenvalue weighted by Gasteiger charge is 2.29. The highest BCUT2D eigenvalue weighted by atomic mass is 32.2. The fourth-order valence-corrected chi connectivity index (χ4v) is 3.89. The van der Waals surface area contributed by atoms with Crippen LogP contribution in [0.1, 0.15) is 32.1 Å². The van der Waals surface area contributed by atoms with Gasteiger partial charge in [0.05, 0.1) is 12.3 Å². The Morgan fingerprint density at radius 2 is 2.22 bits per heavy atom. The van der Waals surface area contributed by atoms with Crippen LogP contribution in [0.25, 0.3) is 0 Å². The van der Waals surface area contributed by atoms with Crippen molar-refractivity contribution in [3.8, 4) is 0 Å². The molecule has 0 aromatic heterocycles. The Morgan fingerprint density at radius 1 is 1.39 bits per heavy atom. The van der Waals surface area contributed by atoms with Crippen molar-refractivity contribution in [1.82, 2.24) is 9.62 Å². The van der Waals surface area contributed by atoms with Crippen LogP contribution in [0.15, 0.2) is 11.6 Å². The van der Waals surface area contributed by atoms with Gasteiger partial charge in [0, 0.05) is 13.1 Å². The molecule has 18 heavy (non-hydrogen) atoms. The van der Waals surface area contributed by atoms with E-state index in [0.717, 1.165) is 19.3 Å². The fraction of sp³-hybridized carbons (Fsp3) is 0.750. The maximum atomic E-state index is 11.6. The Morgan fingerprint density at radius 3 is 2.83 bits per heavy atom. The number of sulfonamides is 1. The van der Waals surface area contributed by atoms with Gasteiger partial charge < -0.3 is 5.32 Å². The van der Waals surface area contributed by atoms with Gasteiger partial charge in [0.2, 0.25) is 15.9 Å². The number of nitrogens with one attached hydrogen (secondary N) is 1. The van der Waals surface area contributed by atoms with E-state index in [0.29, 0.717) is 19.5 Å². The van der Waals surface area contributed by atoms with Gasteiger partial charge in [-0.3, -0.25) is 4.79 Å². The van der Waals surface area contributed by atoms with Crippen LogP contribution >= 0.6 is 0 Å². The smallest absolute Gasteiger partial charge is 0.235 e. The van der Waals surface area contributed by atoms with Crippen molar-refractivity contribution in [1.29, 1.82) is 0 Å².